The summed E-state index contributed by atoms with van der Waals surface area (Å²) in [6.07, 6.45) is 1.63. The van der Waals surface area contributed by atoms with Crippen LogP contribution in [0, 0.1) is 6.92 Å². The Morgan fingerprint density at radius 1 is 1.39 bits per heavy atom. The second-order valence-electron chi connectivity index (χ2n) is 4.26. The van der Waals surface area contributed by atoms with Gasteiger partial charge in [0.1, 0.15) is 9.84 Å². The van der Waals surface area contributed by atoms with Crippen LogP contribution in [0.2, 0.25) is 0 Å². The predicted octanol–water partition coefficient (Wildman–Crippen LogP) is 1.54. The number of carboxylic acid groups (broad SMARTS) is 1. The first kappa shape index (κ1) is 14.5. The summed E-state index contributed by atoms with van der Waals surface area (Å²) >= 11 is 0. The zero-order valence-corrected chi connectivity index (χ0v) is 11.3. The Labute approximate surface area is 107 Å². The maximum Gasteiger partial charge on any atom is 0.337 e. The van der Waals surface area contributed by atoms with Crippen LogP contribution in [0.4, 0.5) is 5.69 Å². The van der Waals surface area contributed by atoms with Crippen molar-refractivity contribution in [3.63, 3.8) is 0 Å². The molecule has 0 radical (unpaired) electrons. The van der Waals surface area contributed by atoms with Gasteiger partial charge in [0.25, 0.3) is 0 Å². The Kier molecular flexibility index (Phi) is 4.72. The van der Waals surface area contributed by atoms with E-state index >= 15 is 0 Å². The van der Waals surface area contributed by atoms with Crippen molar-refractivity contribution in [2.24, 2.45) is 0 Å². The second kappa shape index (κ2) is 5.86. The first-order valence-corrected chi connectivity index (χ1v) is 7.61. The average molecular weight is 271 g/mol. The highest BCUT2D eigenvalue weighted by Crippen LogP contribution is 2.17. The summed E-state index contributed by atoms with van der Waals surface area (Å²) in [6.45, 7) is 2.25. The average Bonchev–Trinajstić information content (AvgIpc) is 2.24. The van der Waals surface area contributed by atoms with Gasteiger partial charge in [0.05, 0.1) is 11.3 Å². The van der Waals surface area contributed by atoms with Crippen molar-refractivity contribution >= 4 is 21.5 Å². The first-order valence-electron chi connectivity index (χ1n) is 5.55. The van der Waals surface area contributed by atoms with Gasteiger partial charge in [0.2, 0.25) is 0 Å². The normalized spacial score (nSPS) is 11.2. The van der Waals surface area contributed by atoms with E-state index in [1.54, 1.807) is 12.1 Å². The van der Waals surface area contributed by atoms with Crippen molar-refractivity contribution in [1.82, 2.24) is 0 Å². The largest absolute Gasteiger partial charge is 0.478 e. The molecule has 0 saturated carbocycles. The monoisotopic (exact) mass is 271 g/mol. The minimum absolute atomic E-state index is 0.0915. The summed E-state index contributed by atoms with van der Waals surface area (Å²) in [4.78, 5) is 11.0. The van der Waals surface area contributed by atoms with Crippen LogP contribution >= 0.6 is 0 Å². The van der Waals surface area contributed by atoms with E-state index in [0.29, 0.717) is 18.7 Å². The van der Waals surface area contributed by atoms with Crippen molar-refractivity contribution < 1.29 is 18.3 Å². The lowest BCUT2D eigenvalue weighted by atomic mass is 10.1. The number of nitrogens with one attached hydrogen (secondary N) is 1. The van der Waals surface area contributed by atoms with Gasteiger partial charge >= 0.3 is 5.97 Å². The van der Waals surface area contributed by atoms with Crippen molar-refractivity contribution in [2.75, 3.05) is 23.9 Å². The fourth-order valence-corrected chi connectivity index (χ4v) is 2.22. The number of carbonyl (C=O) groups is 1. The molecule has 100 valence electrons. The summed E-state index contributed by atoms with van der Waals surface area (Å²) in [7, 11) is -2.97. The SMILES string of the molecule is Cc1ccc(NCCCS(C)(=O)=O)c(C(=O)O)c1. The third-order valence-corrected chi connectivity index (χ3v) is 3.44. The van der Waals surface area contributed by atoms with Crippen LogP contribution in [0.25, 0.3) is 0 Å². The number of benzene rings is 1. The number of hydrogen-bond acceptors (Lipinski definition) is 4. The molecule has 1 rings (SSSR count). The third kappa shape index (κ3) is 4.75. The van der Waals surface area contributed by atoms with Crippen LogP contribution in [0.3, 0.4) is 0 Å². The lowest BCUT2D eigenvalue weighted by molar-refractivity contribution is 0.0698. The molecule has 0 aliphatic heterocycles. The third-order valence-electron chi connectivity index (χ3n) is 2.41. The van der Waals surface area contributed by atoms with Gasteiger partial charge in [0.15, 0.2) is 0 Å². The number of rotatable bonds is 6. The quantitative estimate of drug-likeness (QED) is 0.767. The van der Waals surface area contributed by atoms with Crippen LogP contribution in [0.15, 0.2) is 18.2 Å². The Balaban J connectivity index is 2.65. The summed E-state index contributed by atoms with van der Waals surface area (Å²) in [6, 6.07) is 5.09. The van der Waals surface area contributed by atoms with Crippen LogP contribution in [-0.2, 0) is 9.84 Å². The maximum absolute atomic E-state index is 11.0. The molecule has 5 nitrogen and oxygen atoms in total. The molecule has 18 heavy (non-hydrogen) atoms. The molecule has 2 N–H and O–H groups in total. The molecule has 1 aromatic rings. The number of sulfone groups is 1. The van der Waals surface area contributed by atoms with E-state index < -0.39 is 15.8 Å². The Hall–Kier alpha value is -1.56. The number of aromatic carboxylic acids is 1. The zero-order chi connectivity index (χ0) is 13.8. The molecule has 0 atom stereocenters. The molecule has 0 spiro atoms. The van der Waals surface area contributed by atoms with Gasteiger partial charge in [-0.1, -0.05) is 11.6 Å². The van der Waals surface area contributed by atoms with E-state index in [0.717, 1.165) is 5.56 Å². The number of aryl methyl sites for hydroxylation is 1. The molecule has 0 bridgehead atoms. The summed E-state index contributed by atoms with van der Waals surface area (Å²) in [5, 5.41) is 12.0. The molecule has 0 unspecified atom stereocenters. The smallest absolute Gasteiger partial charge is 0.337 e. The highest BCUT2D eigenvalue weighted by atomic mass is 32.2. The number of hydrogen-bond donors (Lipinski definition) is 2. The van der Waals surface area contributed by atoms with Crippen LogP contribution in [0.5, 0.6) is 0 Å². The molecular formula is C12H17NO4S. The van der Waals surface area contributed by atoms with E-state index in [-0.39, 0.29) is 11.3 Å². The molecule has 0 saturated heterocycles. The maximum atomic E-state index is 11.0. The highest BCUT2D eigenvalue weighted by Gasteiger charge is 2.10. The van der Waals surface area contributed by atoms with E-state index in [1.807, 2.05) is 13.0 Å². The molecule has 0 heterocycles. The fraction of sp³-hybridized carbons (Fsp3) is 0.417. The van der Waals surface area contributed by atoms with Crippen molar-refractivity contribution in [3.8, 4) is 0 Å². The van der Waals surface area contributed by atoms with Gasteiger partial charge in [-0.15, -0.1) is 0 Å². The van der Waals surface area contributed by atoms with E-state index in [4.69, 9.17) is 5.11 Å². The highest BCUT2D eigenvalue weighted by molar-refractivity contribution is 7.90. The van der Waals surface area contributed by atoms with Gasteiger partial charge in [-0.25, -0.2) is 13.2 Å². The first-order chi connectivity index (χ1) is 8.29. The second-order valence-corrected chi connectivity index (χ2v) is 6.52. The van der Waals surface area contributed by atoms with Crippen molar-refractivity contribution in [1.29, 1.82) is 0 Å². The molecule has 0 fully saturated rings. The zero-order valence-electron chi connectivity index (χ0n) is 10.4. The lowest BCUT2D eigenvalue weighted by Crippen LogP contribution is -2.12. The summed E-state index contributed by atoms with van der Waals surface area (Å²) in [5.41, 5.74) is 1.59. The van der Waals surface area contributed by atoms with Gasteiger partial charge in [0, 0.05) is 18.5 Å². The molecule has 0 aliphatic carbocycles. The minimum atomic E-state index is -2.97. The van der Waals surface area contributed by atoms with E-state index in [9.17, 15) is 13.2 Å². The van der Waals surface area contributed by atoms with Crippen LogP contribution in [-0.4, -0.2) is 38.0 Å². The summed E-state index contributed by atoms with van der Waals surface area (Å²) < 4.78 is 21.9. The Bertz CT molecular complexity index is 537. The molecule has 0 aliphatic rings. The fourth-order valence-electron chi connectivity index (χ4n) is 1.55. The van der Waals surface area contributed by atoms with Crippen molar-refractivity contribution in [2.45, 2.75) is 13.3 Å². The van der Waals surface area contributed by atoms with Gasteiger partial charge in [-0.2, -0.15) is 0 Å². The Morgan fingerprint density at radius 3 is 2.61 bits per heavy atom. The van der Waals surface area contributed by atoms with E-state index in [2.05, 4.69) is 5.32 Å². The molecular weight excluding hydrogens is 254 g/mol. The van der Waals surface area contributed by atoms with E-state index in [1.165, 1.54) is 6.26 Å². The minimum Gasteiger partial charge on any atom is -0.478 e. The van der Waals surface area contributed by atoms with Gasteiger partial charge in [-0.3, -0.25) is 0 Å². The van der Waals surface area contributed by atoms with Gasteiger partial charge < -0.3 is 10.4 Å². The number of anilines is 1. The summed E-state index contributed by atoms with van der Waals surface area (Å²) in [5.74, 6) is -0.904. The predicted molar refractivity (Wildman–Crippen MR) is 71.0 cm³/mol. The topological polar surface area (TPSA) is 83.5 Å². The molecule has 6 heteroatoms. The molecule has 0 aromatic heterocycles. The van der Waals surface area contributed by atoms with Crippen molar-refractivity contribution in [3.05, 3.63) is 29.3 Å². The number of carboxylic acids is 1. The lowest BCUT2D eigenvalue weighted by Gasteiger charge is -2.10. The standard InChI is InChI=1S/C12H17NO4S/c1-9-4-5-11(10(8-9)12(14)15)13-6-3-7-18(2,16)17/h4-5,8,13H,3,6-7H2,1-2H3,(H,14,15). The molecule has 0 amide bonds. The van der Waals surface area contributed by atoms with Crippen LogP contribution < -0.4 is 5.32 Å². The Morgan fingerprint density at radius 2 is 2.06 bits per heavy atom. The van der Waals surface area contributed by atoms with Crippen LogP contribution in [0.1, 0.15) is 22.3 Å². The molecule has 1 aromatic carbocycles. The van der Waals surface area contributed by atoms with Gasteiger partial charge in [-0.05, 0) is 25.5 Å².